The van der Waals surface area contributed by atoms with E-state index in [1.807, 2.05) is 16.8 Å². The topological polar surface area (TPSA) is 23.6 Å². The molecule has 3 nitrogen and oxygen atoms in total. The van der Waals surface area contributed by atoms with E-state index in [9.17, 15) is 4.79 Å². The molecule has 3 rings (SSSR count). The van der Waals surface area contributed by atoms with E-state index in [0.29, 0.717) is 12.0 Å². The number of rotatable bonds is 3. The predicted molar refractivity (Wildman–Crippen MR) is 73.9 cm³/mol. The van der Waals surface area contributed by atoms with Gasteiger partial charge < -0.3 is 9.80 Å². The number of thiophene rings is 1. The zero-order chi connectivity index (χ0) is 12.7. The van der Waals surface area contributed by atoms with Crippen molar-refractivity contribution < 1.29 is 4.79 Å². The Kier molecular flexibility index (Phi) is 3.16. The Morgan fingerprint density at radius 1 is 1.39 bits per heavy atom. The molecule has 0 spiro atoms. The molecule has 4 heteroatoms. The molecule has 0 N–H and O–H groups in total. The minimum Gasteiger partial charge on any atom is -0.337 e. The van der Waals surface area contributed by atoms with Crippen LogP contribution >= 0.6 is 11.3 Å². The average Bonchev–Trinajstić information content (AvgIpc) is 2.91. The molecule has 2 fully saturated rings. The number of amides is 1. The quantitative estimate of drug-likeness (QED) is 0.835. The predicted octanol–water partition coefficient (Wildman–Crippen LogP) is 2.16. The van der Waals surface area contributed by atoms with Gasteiger partial charge in [0.2, 0.25) is 0 Å². The molecule has 1 aliphatic carbocycles. The van der Waals surface area contributed by atoms with Crippen molar-refractivity contribution in [3.8, 4) is 0 Å². The summed E-state index contributed by atoms with van der Waals surface area (Å²) in [5.41, 5.74) is 0.856. The van der Waals surface area contributed by atoms with Gasteiger partial charge in [0.05, 0.1) is 5.56 Å². The van der Waals surface area contributed by atoms with Gasteiger partial charge >= 0.3 is 0 Å². The van der Waals surface area contributed by atoms with E-state index in [2.05, 4.69) is 23.9 Å². The first kappa shape index (κ1) is 12.2. The molecule has 2 aliphatic rings. The molecule has 0 radical (unpaired) electrons. The average molecular weight is 264 g/mol. The van der Waals surface area contributed by atoms with Crippen LogP contribution in [0.15, 0.2) is 16.8 Å². The third kappa shape index (κ3) is 2.19. The van der Waals surface area contributed by atoms with Crippen molar-refractivity contribution in [2.24, 2.45) is 11.8 Å². The van der Waals surface area contributed by atoms with Gasteiger partial charge in [-0.1, -0.05) is 0 Å². The second-order valence-electron chi connectivity index (χ2n) is 5.75. The number of carbonyl (C=O) groups is 1. The van der Waals surface area contributed by atoms with Crippen LogP contribution in [0.1, 0.15) is 23.2 Å². The van der Waals surface area contributed by atoms with Crippen LogP contribution < -0.4 is 0 Å². The Balaban J connectivity index is 1.73. The Labute approximate surface area is 112 Å². The molecular formula is C14H20N2OS. The number of nitrogens with zero attached hydrogens (tertiary/aromatic N) is 2. The van der Waals surface area contributed by atoms with Gasteiger partial charge in [0, 0.05) is 24.5 Å². The summed E-state index contributed by atoms with van der Waals surface area (Å²) in [5, 5.41) is 3.93. The summed E-state index contributed by atoms with van der Waals surface area (Å²) in [6.45, 7) is 1.84. The standard InChI is InChI=1S/C14H20N2OS/c1-15(2)13-8-16(7-12(13)10-3-4-10)14(17)11-5-6-18-9-11/h5-6,9-10,12-13H,3-4,7-8H2,1-2H3/t12-,13+/m1/s1. The number of likely N-dealkylation sites (N-methyl/N-ethyl adjacent to an activating group) is 1. The molecule has 18 heavy (non-hydrogen) atoms. The molecule has 1 aromatic heterocycles. The molecule has 2 atom stereocenters. The lowest BCUT2D eigenvalue weighted by molar-refractivity contribution is 0.0781. The second kappa shape index (κ2) is 4.67. The van der Waals surface area contributed by atoms with E-state index in [1.165, 1.54) is 12.8 Å². The lowest BCUT2D eigenvalue weighted by atomic mass is 9.97. The fourth-order valence-electron chi connectivity index (χ4n) is 3.08. The highest BCUT2D eigenvalue weighted by Crippen LogP contribution is 2.42. The molecule has 0 bridgehead atoms. The molecule has 1 saturated heterocycles. The van der Waals surface area contributed by atoms with Crippen molar-refractivity contribution >= 4 is 17.2 Å². The van der Waals surface area contributed by atoms with E-state index in [0.717, 1.165) is 24.6 Å². The monoisotopic (exact) mass is 264 g/mol. The van der Waals surface area contributed by atoms with Gasteiger partial charge in [0.25, 0.3) is 5.91 Å². The zero-order valence-corrected chi connectivity index (χ0v) is 11.8. The third-order valence-corrected chi connectivity index (χ3v) is 4.96. The minimum absolute atomic E-state index is 0.214. The molecule has 2 heterocycles. The van der Waals surface area contributed by atoms with E-state index >= 15 is 0 Å². The van der Waals surface area contributed by atoms with Crippen molar-refractivity contribution in [3.63, 3.8) is 0 Å². The second-order valence-corrected chi connectivity index (χ2v) is 6.53. The summed E-state index contributed by atoms with van der Waals surface area (Å²) >= 11 is 1.60. The lowest BCUT2D eigenvalue weighted by Gasteiger charge is -2.24. The third-order valence-electron chi connectivity index (χ3n) is 4.28. The SMILES string of the molecule is CN(C)[C@H]1CN(C(=O)c2ccsc2)C[C@@H]1C1CC1. The van der Waals surface area contributed by atoms with Gasteiger partial charge in [-0.3, -0.25) is 4.79 Å². The normalized spacial score (nSPS) is 28.1. The Hall–Kier alpha value is -0.870. The smallest absolute Gasteiger partial charge is 0.254 e. The van der Waals surface area contributed by atoms with Crippen molar-refractivity contribution in [3.05, 3.63) is 22.4 Å². The number of hydrogen-bond donors (Lipinski definition) is 0. The number of likely N-dealkylation sites (tertiary alicyclic amines) is 1. The zero-order valence-electron chi connectivity index (χ0n) is 11.0. The van der Waals surface area contributed by atoms with Crippen LogP contribution in [0, 0.1) is 11.8 Å². The summed E-state index contributed by atoms with van der Waals surface area (Å²) in [6.07, 6.45) is 2.71. The van der Waals surface area contributed by atoms with Crippen LogP contribution in [0.2, 0.25) is 0 Å². The van der Waals surface area contributed by atoms with Crippen molar-refractivity contribution in [1.82, 2.24) is 9.80 Å². The highest BCUT2D eigenvalue weighted by Gasteiger charge is 2.44. The first-order valence-electron chi connectivity index (χ1n) is 6.64. The molecule has 0 unspecified atom stereocenters. The van der Waals surface area contributed by atoms with Gasteiger partial charge in [0.1, 0.15) is 0 Å². The van der Waals surface area contributed by atoms with Gasteiger partial charge in [-0.25, -0.2) is 0 Å². The van der Waals surface area contributed by atoms with Crippen molar-refractivity contribution in [2.75, 3.05) is 27.2 Å². The fourth-order valence-corrected chi connectivity index (χ4v) is 3.71. The molecule has 1 aliphatic heterocycles. The molecule has 1 saturated carbocycles. The summed E-state index contributed by atoms with van der Waals surface area (Å²) in [7, 11) is 4.28. The van der Waals surface area contributed by atoms with E-state index in [-0.39, 0.29) is 5.91 Å². The summed E-state index contributed by atoms with van der Waals surface area (Å²) < 4.78 is 0. The van der Waals surface area contributed by atoms with E-state index in [4.69, 9.17) is 0 Å². The Morgan fingerprint density at radius 3 is 2.72 bits per heavy atom. The maximum atomic E-state index is 12.4. The highest BCUT2D eigenvalue weighted by molar-refractivity contribution is 7.08. The summed E-state index contributed by atoms with van der Waals surface area (Å²) in [5.74, 6) is 1.76. The fraction of sp³-hybridized carbons (Fsp3) is 0.643. The maximum Gasteiger partial charge on any atom is 0.254 e. The molecule has 1 amide bonds. The number of carbonyl (C=O) groups excluding carboxylic acids is 1. The minimum atomic E-state index is 0.214. The van der Waals surface area contributed by atoms with Gasteiger partial charge in [-0.2, -0.15) is 11.3 Å². The van der Waals surface area contributed by atoms with Gasteiger partial charge in [0.15, 0.2) is 0 Å². The van der Waals surface area contributed by atoms with Crippen LogP contribution in [0.25, 0.3) is 0 Å². The lowest BCUT2D eigenvalue weighted by Crippen LogP contribution is -2.36. The number of hydrogen-bond acceptors (Lipinski definition) is 3. The Bertz CT molecular complexity index is 415. The van der Waals surface area contributed by atoms with E-state index in [1.54, 1.807) is 11.3 Å². The summed E-state index contributed by atoms with van der Waals surface area (Å²) in [6, 6.07) is 2.47. The van der Waals surface area contributed by atoms with Crippen molar-refractivity contribution in [1.29, 1.82) is 0 Å². The van der Waals surface area contributed by atoms with Gasteiger partial charge in [-0.15, -0.1) is 0 Å². The largest absolute Gasteiger partial charge is 0.337 e. The van der Waals surface area contributed by atoms with Crippen LogP contribution in [0.5, 0.6) is 0 Å². The van der Waals surface area contributed by atoms with Crippen molar-refractivity contribution in [2.45, 2.75) is 18.9 Å². The van der Waals surface area contributed by atoms with Crippen LogP contribution in [-0.4, -0.2) is 48.9 Å². The molecule has 1 aromatic rings. The Morgan fingerprint density at radius 2 is 2.17 bits per heavy atom. The first-order chi connectivity index (χ1) is 8.66. The highest BCUT2D eigenvalue weighted by atomic mass is 32.1. The first-order valence-corrected chi connectivity index (χ1v) is 7.59. The molecule has 98 valence electrons. The van der Waals surface area contributed by atoms with E-state index < -0.39 is 0 Å². The molecular weight excluding hydrogens is 244 g/mol. The maximum absolute atomic E-state index is 12.4. The van der Waals surface area contributed by atoms with Crippen LogP contribution in [-0.2, 0) is 0 Å². The van der Waals surface area contributed by atoms with Crippen LogP contribution in [0.3, 0.4) is 0 Å². The van der Waals surface area contributed by atoms with Crippen LogP contribution in [0.4, 0.5) is 0 Å². The molecule has 0 aromatic carbocycles. The summed E-state index contributed by atoms with van der Waals surface area (Å²) in [4.78, 5) is 16.7. The van der Waals surface area contributed by atoms with Gasteiger partial charge in [-0.05, 0) is 50.2 Å².